The molecule has 0 aliphatic rings. The third-order valence-corrected chi connectivity index (χ3v) is 4.83. The molecule has 1 N–H and O–H groups in total. The summed E-state index contributed by atoms with van der Waals surface area (Å²) in [6.07, 6.45) is -2.71. The van der Waals surface area contributed by atoms with Crippen molar-refractivity contribution in [2.45, 2.75) is 13.3 Å². The van der Waals surface area contributed by atoms with Crippen molar-refractivity contribution < 1.29 is 18.7 Å². The molecule has 0 fully saturated rings. The molecule has 8 heteroatoms. The lowest BCUT2D eigenvalue weighted by Gasteiger charge is -2.09. The molecule has 29 heavy (non-hydrogen) atoms. The summed E-state index contributed by atoms with van der Waals surface area (Å²) in [6, 6.07) is 14.1. The van der Waals surface area contributed by atoms with Gasteiger partial charge in [0, 0.05) is 16.1 Å². The molecule has 4 aromatic rings. The first-order valence-electron chi connectivity index (χ1n) is 8.63. The molecule has 2 heterocycles. The van der Waals surface area contributed by atoms with Gasteiger partial charge in [-0.15, -0.1) is 0 Å². The van der Waals surface area contributed by atoms with Crippen LogP contribution in [0.15, 0.2) is 54.6 Å². The van der Waals surface area contributed by atoms with E-state index in [0.29, 0.717) is 27.7 Å². The Morgan fingerprint density at radius 2 is 1.76 bits per heavy atom. The van der Waals surface area contributed by atoms with Crippen LogP contribution in [0.5, 0.6) is 0 Å². The fourth-order valence-corrected chi connectivity index (χ4v) is 3.31. The van der Waals surface area contributed by atoms with Crippen LogP contribution < -0.4 is 0 Å². The number of aromatic carboxylic acids is 1. The molecule has 0 aliphatic heterocycles. The van der Waals surface area contributed by atoms with Gasteiger partial charge in [-0.25, -0.2) is 23.2 Å². The fourth-order valence-electron chi connectivity index (χ4n) is 3.19. The van der Waals surface area contributed by atoms with E-state index in [1.807, 2.05) is 0 Å². The topological polar surface area (TPSA) is 68.0 Å². The number of hydrogen-bond donors (Lipinski definition) is 1. The van der Waals surface area contributed by atoms with Crippen LogP contribution >= 0.6 is 11.6 Å². The number of nitrogens with zero attached hydrogens (tertiary/aromatic N) is 3. The SMILES string of the molecule is Cc1nn(-c2ccc(C(=O)O)cc2)c2nc(-c3ccc(Cl)cc3)cc(C(F)F)c12. The number of benzene rings is 2. The van der Waals surface area contributed by atoms with E-state index in [2.05, 4.69) is 10.1 Å². The molecule has 2 aromatic heterocycles. The minimum absolute atomic E-state index is 0.116. The number of alkyl halides is 2. The number of aryl methyl sites for hydroxylation is 1. The predicted molar refractivity (Wildman–Crippen MR) is 106 cm³/mol. The summed E-state index contributed by atoms with van der Waals surface area (Å²) >= 11 is 5.92. The number of carboxylic acids is 1. The van der Waals surface area contributed by atoms with Gasteiger partial charge in [-0.05, 0) is 49.4 Å². The number of rotatable bonds is 4. The molecule has 5 nitrogen and oxygen atoms in total. The Hall–Kier alpha value is -3.32. The van der Waals surface area contributed by atoms with E-state index in [-0.39, 0.29) is 22.2 Å². The molecular formula is C21H14ClF2N3O2. The van der Waals surface area contributed by atoms with Crippen LogP contribution in [0.3, 0.4) is 0 Å². The van der Waals surface area contributed by atoms with Gasteiger partial charge in [-0.3, -0.25) is 0 Å². The highest BCUT2D eigenvalue weighted by Crippen LogP contribution is 2.34. The Balaban J connectivity index is 1.96. The summed E-state index contributed by atoms with van der Waals surface area (Å²) in [4.78, 5) is 15.7. The van der Waals surface area contributed by atoms with Crippen LogP contribution in [-0.4, -0.2) is 25.8 Å². The van der Waals surface area contributed by atoms with E-state index >= 15 is 0 Å². The van der Waals surface area contributed by atoms with Gasteiger partial charge in [0.1, 0.15) is 0 Å². The van der Waals surface area contributed by atoms with Crippen molar-refractivity contribution in [3.05, 3.63) is 76.4 Å². The van der Waals surface area contributed by atoms with Crippen molar-refractivity contribution in [2.75, 3.05) is 0 Å². The Bertz CT molecular complexity index is 1220. The molecule has 0 bridgehead atoms. The van der Waals surface area contributed by atoms with Gasteiger partial charge in [-0.1, -0.05) is 23.7 Å². The van der Waals surface area contributed by atoms with Gasteiger partial charge in [0.2, 0.25) is 0 Å². The average molecular weight is 414 g/mol. The van der Waals surface area contributed by atoms with Crippen molar-refractivity contribution in [3.8, 4) is 16.9 Å². The number of hydrogen-bond acceptors (Lipinski definition) is 3. The molecule has 0 amide bonds. The second-order valence-electron chi connectivity index (χ2n) is 6.45. The smallest absolute Gasteiger partial charge is 0.335 e. The predicted octanol–water partition coefficient (Wildman–Crippen LogP) is 5.69. The molecule has 0 aliphatic carbocycles. The maximum absolute atomic E-state index is 13.8. The molecule has 0 radical (unpaired) electrons. The largest absolute Gasteiger partial charge is 0.478 e. The van der Waals surface area contributed by atoms with E-state index in [1.54, 1.807) is 43.3 Å². The number of carbonyl (C=O) groups is 1. The highest BCUT2D eigenvalue weighted by molar-refractivity contribution is 6.30. The van der Waals surface area contributed by atoms with Crippen molar-refractivity contribution in [1.82, 2.24) is 14.8 Å². The Labute approximate surface area is 169 Å². The van der Waals surface area contributed by atoms with E-state index < -0.39 is 12.4 Å². The minimum atomic E-state index is -2.71. The third-order valence-electron chi connectivity index (χ3n) is 4.58. The first kappa shape index (κ1) is 19.0. The third kappa shape index (κ3) is 3.45. The summed E-state index contributed by atoms with van der Waals surface area (Å²) in [5, 5.41) is 14.3. The quantitative estimate of drug-likeness (QED) is 0.467. The number of aromatic nitrogens is 3. The minimum Gasteiger partial charge on any atom is -0.478 e. The van der Waals surface area contributed by atoms with Crippen LogP contribution in [0.4, 0.5) is 8.78 Å². The number of halogens is 3. The zero-order valence-corrected chi connectivity index (χ0v) is 15.9. The van der Waals surface area contributed by atoms with Crippen molar-refractivity contribution in [3.63, 3.8) is 0 Å². The number of fused-ring (bicyclic) bond motifs is 1. The normalized spacial score (nSPS) is 11.3. The zero-order chi connectivity index (χ0) is 20.7. The maximum Gasteiger partial charge on any atom is 0.335 e. The van der Waals surface area contributed by atoms with Crippen molar-refractivity contribution >= 4 is 28.6 Å². The van der Waals surface area contributed by atoms with E-state index in [0.717, 1.165) is 0 Å². The Kier molecular flexibility index (Phi) is 4.76. The van der Waals surface area contributed by atoms with Crippen LogP contribution in [-0.2, 0) is 0 Å². The molecule has 0 saturated heterocycles. The van der Waals surface area contributed by atoms with Crippen LogP contribution in [0.2, 0.25) is 5.02 Å². The molecule has 2 aromatic carbocycles. The monoisotopic (exact) mass is 413 g/mol. The lowest BCUT2D eigenvalue weighted by molar-refractivity contribution is 0.0697. The Morgan fingerprint density at radius 3 is 2.34 bits per heavy atom. The number of carboxylic acid groups (broad SMARTS) is 1. The molecule has 0 atom stereocenters. The van der Waals surface area contributed by atoms with Gasteiger partial charge in [0.15, 0.2) is 5.65 Å². The second-order valence-corrected chi connectivity index (χ2v) is 6.89. The molecule has 4 rings (SSSR count). The second kappa shape index (κ2) is 7.25. The fraction of sp³-hybridized carbons (Fsp3) is 0.0952. The van der Waals surface area contributed by atoms with Crippen molar-refractivity contribution in [2.24, 2.45) is 0 Å². The van der Waals surface area contributed by atoms with Gasteiger partial charge >= 0.3 is 5.97 Å². The van der Waals surface area contributed by atoms with Crippen LogP contribution in [0.25, 0.3) is 28.0 Å². The summed E-state index contributed by atoms with van der Waals surface area (Å²) in [5.41, 5.74) is 2.17. The van der Waals surface area contributed by atoms with Crippen LogP contribution in [0, 0.1) is 6.92 Å². The standard InChI is InChI=1S/C21H14ClF2N3O2/c1-11-18-16(19(23)24)10-17(12-2-6-14(22)7-3-12)25-20(18)27(26-11)15-8-4-13(5-9-15)21(28)29/h2-10,19H,1H3,(H,28,29). The summed E-state index contributed by atoms with van der Waals surface area (Å²) in [6.45, 7) is 1.64. The molecule has 0 saturated carbocycles. The summed E-state index contributed by atoms with van der Waals surface area (Å²) < 4.78 is 29.1. The summed E-state index contributed by atoms with van der Waals surface area (Å²) in [5.74, 6) is -1.05. The molecule has 146 valence electrons. The first-order chi connectivity index (χ1) is 13.8. The summed E-state index contributed by atoms with van der Waals surface area (Å²) in [7, 11) is 0. The lowest BCUT2D eigenvalue weighted by atomic mass is 10.1. The van der Waals surface area contributed by atoms with Gasteiger partial charge in [-0.2, -0.15) is 5.10 Å². The Morgan fingerprint density at radius 1 is 1.10 bits per heavy atom. The van der Waals surface area contributed by atoms with Crippen molar-refractivity contribution in [1.29, 1.82) is 0 Å². The van der Waals surface area contributed by atoms with Gasteiger partial charge in [0.05, 0.1) is 28.0 Å². The lowest BCUT2D eigenvalue weighted by Crippen LogP contribution is -2.01. The highest BCUT2D eigenvalue weighted by atomic mass is 35.5. The molecule has 0 spiro atoms. The first-order valence-corrected chi connectivity index (χ1v) is 9.01. The average Bonchev–Trinajstić information content (AvgIpc) is 3.04. The maximum atomic E-state index is 13.8. The zero-order valence-electron chi connectivity index (χ0n) is 15.1. The molecule has 0 unspecified atom stereocenters. The van der Waals surface area contributed by atoms with E-state index in [9.17, 15) is 13.6 Å². The van der Waals surface area contributed by atoms with E-state index in [1.165, 1.54) is 22.9 Å². The van der Waals surface area contributed by atoms with Crippen LogP contribution in [0.1, 0.15) is 28.0 Å². The van der Waals surface area contributed by atoms with Gasteiger partial charge < -0.3 is 5.11 Å². The van der Waals surface area contributed by atoms with Gasteiger partial charge in [0.25, 0.3) is 6.43 Å². The number of pyridine rings is 1. The highest BCUT2D eigenvalue weighted by Gasteiger charge is 2.21. The molecular weight excluding hydrogens is 400 g/mol. The van der Waals surface area contributed by atoms with E-state index in [4.69, 9.17) is 16.7 Å².